The highest BCUT2D eigenvalue weighted by Gasteiger charge is 2.21. The minimum absolute atomic E-state index is 0.145. The fraction of sp³-hybridized carbons (Fsp3) is 0.150. The molecule has 4 aromatic rings. The minimum atomic E-state index is -3.80. The van der Waals surface area contributed by atoms with Crippen molar-refractivity contribution in [3.05, 3.63) is 69.7 Å². The number of aryl methyl sites for hydroxylation is 2. The number of anilines is 1. The lowest BCUT2D eigenvalue weighted by atomic mass is 10.1. The van der Waals surface area contributed by atoms with Gasteiger partial charge < -0.3 is 4.74 Å². The molecule has 4 heterocycles. The zero-order valence-electron chi connectivity index (χ0n) is 16.4. The first-order chi connectivity index (χ1) is 14.3. The third-order valence-corrected chi connectivity index (χ3v) is 7.61. The maximum absolute atomic E-state index is 12.8. The Morgan fingerprint density at radius 2 is 1.87 bits per heavy atom. The lowest BCUT2D eigenvalue weighted by Crippen LogP contribution is -2.17. The van der Waals surface area contributed by atoms with E-state index in [9.17, 15) is 13.2 Å². The molecule has 0 spiro atoms. The Balaban J connectivity index is 1.80. The van der Waals surface area contributed by atoms with Crippen molar-refractivity contribution in [3.8, 4) is 17.0 Å². The number of fused-ring (bicyclic) bond motifs is 1. The Kier molecular flexibility index (Phi) is 5.04. The van der Waals surface area contributed by atoms with Gasteiger partial charge in [-0.15, -0.1) is 11.3 Å². The Hall–Kier alpha value is -3.24. The van der Waals surface area contributed by atoms with Crippen molar-refractivity contribution < 1.29 is 13.2 Å². The van der Waals surface area contributed by atoms with E-state index >= 15 is 0 Å². The molecule has 4 rings (SSSR count). The third kappa shape index (κ3) is 3.55. The van der Waals surface area contributed by atoms with Gasteiger partial charge in [-0.05, 0) is 49.1 Å². The number of thiophene rings is 1. The smallest absolute Gasteiger partial charge is 0.271 e. The second-order valence-electron chi connectivity index (χ2n) is 6.67. The van der Waals surface area contributed by atoms with Crippen molar-refractivity contribution in [1.82, 2.24) is 14.4 Å². The summed E-state index contributed by atoms with van der Waals surface area (Å²) in [5.74, 6) is 0.145. The number of nitrogens with one attached hydrogen (secondary N) is 1. The minimum Gasteiger partial charge on any atom is -0.480 e. The summed E-state index contributed by atoms with van der Waals surface area (Å²) in [5, 5.41) is 1.72. The SMILES string of the molecule is COc1ncc(-c2ccc3ncc(C)c(=O)n3c2)cc1NS(=O)(=O)c1sccc1C. The number of sulfonamides is 1. The number of aromatic nitrogens is 3. The number of nitrogens with zero attached hydrogens (tertiary/aromatic N) is 3. The quantitative estimate of drug-likeness (QED) is 0.509. The zero-order chi connectivity index (χ0) is 21.5. The molecule has 0 saturated carbocycles. The molecule has 1 N–H and O–H groups in total. The molecule has 0 bridgehead atoms. The van der Waals surface area contributed by atoms with E-state index in [4.69, 9.17) is 4.74 Å². The van der Waals surface area contributed by atoms with Crippen LogP contribution in [0.5, 0.6) is 5.88 Å². The molecule has 8 nitrogen and oxygen atoms in total. The van der Waals surface area contributed by atoms with Gasteiger partial charge in [-0.25, -0.2) is 18.4 Å². The van der Waals surface area contributed by atoms with Gasteiger partial charge in [-0.3, -0.25) is 13.9 Å². The fourth-order valence-corrected chi connectivity index (χ4v) is 5.48. The monoisotopic (exact) mass is 442 g/mol. The molecule has 30 heavy (non-hydrogen) atoms. The summed E-state index contributed by atoms with van der Waals surface area (Å²) < 4.78 is 35.1. The van der Waals surface area contributed by atoms with Gasteiger partial charge in [0.15, 0.2) is 0 Å². The first kappa shape index (κ1) is 20.0. The first-order valence-corrected chi connectivity index (χ1v) is 11.3. The summed E-state index contributed by atoms with van der Waals surface area (Å²) >= 11 is 1.14. The molecule has 154 valence electrons. The number of ether oxygens (including phenoxy) is 1. The van der Waals surface area contributed by atoms with Gasteiger partial charge in [0.2, 0.25) is 5.88 Å². The van der Waals surface area contributed by atoms with E-state index in [1.807, 2.05) is 0 Å². The van der Waals surface area contributed by atoms with E-state index in [0.717, 1.165) is 11.3 Å². The van der Waals surface area contributed by atoms with Crippen molar-refractivity contribution in [2.45, 2.75) is 18.1 Å². The summed E-state index contributed by atoms with van der Waals surface area (Å²) in [6, 6.07) is 6.89. The van der Waals surface area contributed by atoms with E-state index in [-0.39, 0.29) is 21.3 Å². The van der Waals surface area contributed by atoms with Crippen LogP contribution in [0.1, 0.15) is 11.1 Å². The van der Waals surface area contributed by atoms with Gasteiger partial charge in [0.05, 0.1) is 7.11 Å². The Bertz CT molecular complexity index is 1420. The molecule has 0 aromatic carbocycles. The van der Waals surface area contributed by atoms with Gasteiger partial charge >= 0.3 is 0 Å². The molecule has 0 amide bonds. The van der Waals surface area contributed by atoms with E-state index in [1.54, 1.807) is 55.9 Å². The highest BCUT2D eigenvalue weighted by Crippen LogP contribution is 2.31. The Morgan fingerprint density at radius 1 is 1.07 bits per heavy atom. The fourth-order valence-electron chi connectivity index (χ4n) is 3.01. The van der Waals surface area contributed by atoms with Crippen LogP contribution in [0.2, 0.25) is 0 Å². The highest BCUT2D eigenvalue weighted by atomic mass is 32.2. The van der Waals surface area contributed by atoms with E-state index < -0.39 is 10.0 Å². The summed E-state index contributed by atoms with van der Waals surface area (Å²) in [5.41, 5.74) is 3.04. The lowest BCUT2D eigenvalue weighted by Gasteiger charge is -2.13. The maximum atomic E-state index is 12.8. The Labute approximate surface area is 176 Å². The molecule has 0 aliphatic carbocycles. The van der Waals surface area contributed by atoms with Crippen molar-refractivity contribution in [2.75, 3.05) is 11.8 Å². The van der Waals surface area contributed by atoms with Crippen LogP contribution in [0.4, 0.5) is 5.69 Å². The van der Waals surface area contributed by atoms with Crippen LogP contribution in [0.3, 0.4) is 0 Å². The van der Waals surface area contributed by atoms with Crippen LogP contribution in [0, 0.1) is 13.8 Å². The van der Waals surface area contributed by atoms with E-state index in [1.165, 1.54) is 17.7 Å². The average molecular weight is 443 g/mol. The molecular formula is C20H18N4O4S2. The molecule has 0 aliphatic heterocycles. The second-order valence-corrected chi connectivity index (χ2v) is 9.46. The first-order valence-electron chi connectivity index (χ1n) is 8.89. The van der Waals surface area contributed by atoms with Gasteiger partial charge in [0, 0.05) is 35.3 Å². The van der Waals surface area contributed by atoms with Gasteiger partial charge in [0.1, 0.15) is 15.5 Å². The predicted octanol–water partition coefficient (Wildman–Crippen LogP) is 3.24. The van der Waals surface area contributed by atoms with E-state index in [2.05, 4.69) is 14.7 Å². The molecule has 0 unspecified atom stereocenters. The van der Waals surface area contributed by atoms with Crippen LogP contribution >= 0.6 is 11.3 Å². The second kappa shape index (κ2) is 7.54. The lowest BCUT2D eigenvalue weighted by molar-refractivity contribution is 0.400. The molecule has 10 heteroatoms. The van der Waals surface area contributed by atoms with Crippen molar-refractivity contribution in [3.63, 3.8) is 0 Å². The summed E-state index contributed by atoms with van der Waals surface area (Å²) in [6.07, 6.45) is 4.75. The van der Waals surface area contributed by atoms with E-state index in [0.29, 0.717) is 27.9 Å². The Morgan fingerprint density at radius 3 is 2.57 bits per heavy atom. The van der Waals surface area contributed by atoms with Crippen molar-refractivity contribution in [1.29, 1.82) is 0 Å². The van der Waals surface area contributed by atoms with Gasteiger partial charge in [0.25, 0.3) is 15.6 Å². The summed E-state index contributed by atoms with van der Waals surface area (Å²) in [4.78, 5) is 20.9. The van der Waals surface area contributed by atoms with Crippen molar-refractivity contribution in [2.24, 2.45) is 0 Å². The predicted molar refractivity (Wildman–Crippen MR) is 116 cm³/mol. The largest absolute Gasteiger partial charge is 0.480 e. The van der Waals surface area contributed by atoms with Gasteiger partial charge in [-0.2, -0.15) is 0 Å². The molecule has 0 atom stereocenters. The molecule has 0 saturated heterocycles. The van der Waals surface area contributed by atoms with Crippen LogP contribution in [-0.2, 0) is 10.0 Å². The summed E-state index contributed by atoms with van der Waals surface area (Å²) in [7, 11) is -2.38. The average Bonchev–Trinajstić information content (AvgIpc) is 3.17. The number of hydrogen-bond acceptors (Lipinski definition) is 7. The molecule has 0 aliphatic rings. The zero-order valence-corrected chi connectivity index (χ0v) is 18.0. The normalized spacial score (nSPS) is 11.6. The topological polar surface area (TPSA) is 103 Å². The van der Waals surface area contributed by atoms with Crippen LogP contribution < -0.4 is 15.0 Å². The molecule has 4 aromatic heterocycles. The number of methoxy groups -OCH3 is 1. The number of hydrogen-bond donors (Lipinski definition) is 1. The molecule has 0 radical (unpaired) electrons. The highest BCUT2D eigenvalue weighted by molar-refractivity contribution is 7.94. The van der Waals surface area contributed by atoms with Crippen molar-refractivity contribution >= 4 is 32.7 Å². The standard InChI is InChI=1S/C20H18N4O4S2/c1-12-6-7-29-20(12)30(26,27)23-16-8-15(10-22-18(16)28-3)14-4-5-17-21-9-13(2)19(25)24(17)11-14/h4-11,23H,1-3H3. The maximum Gasteiger partial charge on any atom is 0.271 e. The van der Waals surface area contributed by atoms with Gasteiger partial charge in [-0.1, -0.05) is 0 Å². The molecule has 0 fully saturated rings. The van der Waals surface area contributed by atoms with Crippen LogP contribution in [0.15, 0.2) is 57.2 Å². The third-order valence-electron chi connectivity index (χ3n) is 4.55. The summed E-state index contributed by atoms with van der Waals surface area (Å²) in [6.45, 7) is 3.43. The van der Waals surface area contributed by atoms with Crippen LogP contribution in [-0.4, -0.2) is 29.9 Å². The molecular weight excluding hydrogens is 424 g/mol. The number of pyridine rings is 2. The number of rotatable bonds is 5. The van der Waals surface area contributed by atoms with Crippen LogP contribution in [0.25, 0.3) is 16.8 Å².